The first-order valence-electron chi connectivity index (χ1n) is 6.77. The Balaban J connectivity index is 1.87. The number of thiazole rings is 1. The lowest BCUT2D eigenvalue weighted by Crippen LogP contribution is -1.97. The molecule has 0 aliphatic carbocycles. The molecule has 0 radical (unpaired) electrons. The summed E-state index contributed by atoms with van der Waals surface area (Å²) < 4.78 is 5.48. The van der Waals surface area contributed by atoms with Crippen LogP contribution in [0, 0.1) is 0 Å². The van der Waals surface area contributed by atoms with Gasteiger partial charge >= 0.3 is 0 Å². The normalized spacial score (nSPS) is 10.4. The van der Waals surface area contributed by atoms with Gasteiger partial charge in [-0.2, -0.15) is 0 Å². The number of rotatable bonds is 5. The van der Waals surface area contributed by atoms with E-state index in [1.165, 1.54) is 0 Å². The van der Waals surface area contributed by atoms with Gasteiger partial charge in [0.05, 0.1) is 11.4 Å². The minimum Gasteiger partial charge on any atom is -0.487 e. The van der Waals surface area contributed by atoms with E-state index in [-0.39, 0.29) is 0 Å². The van der Waals surface area contributed by atoms with Gasteiger partial charge in [-0.25, -0.2) is 4.98 Å². The molecule has 1 aromatic carbocycles. The molecule has 0 atom stereocenters. The number of nitrogens with zero attached hydrogens (tertiary/aromatic N) is 2. The van der Waals surface area contributed by atoms with Gasteiger partial charge in [0.15, 0.2) is 0 Å². The summed E-state index contributed by atoms with van der Waals surface area (Å²) in [6.45, 7) is 4.06. The van der Waals surface area contributed by atoms with Crippen LogP contribution in [-0.2, 0) is 0 Å². The molecule has 3 rings (SSSR count). The third kappa shape index (κ3) is 2.99. The van der Waals surface area contributed by atoms with Crippen LogP contribution in [0.15, 0.2) is 60.8 Å². The molecule has 0 aliphatic rings. The number of anilines is 1. The van der Waals surface area contributed by atoms with Crippen LogP contribution >= 0.6 is 11.3 Å². The van der Waals surface area contributed by atoms with Crippen LogP contribution in [0.4, 0.5) is 5.69 Å². The number of ether oxygens (including phenoxy) is 1. The van der Waals surface area contributed by atoms with E-state index < -0.39 is 0 Å². The highest BCUT2D eigenvalue weighted by molar-refractivity contribution is 7.13. The second-order valence-corrected chi connectivity index (χ2v) is 5.49. The van der Waals surface area contributed by atoms with Gasteiger partial charge in [0, 0.05) is 28.9 Å². The average molecular weight is 309 g/mol. The van der Waals surface area contributed by atoms with Gasteiger partial charge in [0.25, 0.3) is 0 Å². The van der Waals surface area contributed by atoms with E-state index in [9.17, 15) is 0 Å². The molecule has 2 aromatic heterocycles. The van der Waals surface area contributed by atoms with Gasteiger partial charge in [-0.1, -0.05) is 12.7 Å². The summed E-state index contributed by atoms with van der Waals surface area (Å²) in [5.74, 6) is 0.660. The zero-order valence-corrected chi connectivity index (χ0v) is 12.7. The smallest absolute Gasteiger partial charge is 0.142 e. The van der Waals surface area contributed by atoms with Crippen LogP contribution in [0.2, 0.25) is 0 Å². The first kappa shape index (κ1) is 14.3. The van der Waals surface area contributed by atoms with Crippen LogP contribution in [0.1, 0.15) is 0 Å². The van der Waals surface area contributed by atoms with Crippen LogP contribution in [0.5, 0.6) is 5.75 Å². The molecular weight excluding hydrogens is 294 g/mol. The van der Waals surface area contributed by atoms with Crippen LogP contribution in [-0.4, -0.2) is 16.6 Å². The Morgan fingerprint density at radius 1 is 1.27 bits per heavy atom. The summed E-state index contributed by atoms with van der Waals surface area (Å²) in [4.78, 5) is 8.77. The van der Waals surface area contributed by atoms with Crippen molar-refractivity contribution in [3.63, 3.8) is 0 Å². The fourth-order valence-electron chi connectivity index (χ4n) is 2.01. The van der Waals surface area contributed by atoms with Crippen molar-refractivity contribution >= 4 is 17.0 Å². The van der Waals surface area contributed by atoms with Gasteiger partial charge in [-0.05, 0) is 30.3 Å². The van der Waals surface area contributed by atoms with Gasteiger partial charge in [0.1, 0.15) is 17.4 Å². The van der Waals surface area contributed by atoms with E-state index >= 15 is 0 Å². The third-order valence-electron chi connectivity index (χ3n) is 3.07. The number of pyridine rings is 1. The molecule has 0 unspecified atom stereocenters. The van der Waals surface area contributed by atoms with Crippen molar-refractivity contribution in [2.45, 2.75) is 0 Å². The molecule has 0 spiro atoms. The third-order valence-corrected chi connectivity index (χ3v) is 3.97. The Labute approximate surface area is 132 Å². The Morgan fingerprint density at radius 2 is 2.18 bits per heavy atom. The highest BCUT2D eigenvalue weighted by Crippen LogP contribution is 2.32. The van der Waals surface area contributed by atoms with E-state index in [4.69, 9.17) is 10.5 Å². The van der Waals surface area contributed by atoms with E-state index in [0.29, 0.717) is 18.0 Å². The molecule has 2 N–H and O–H groups in total. The molecule has 110 valence electrons. The standard InChI is InChI=1S/C17H15N3OS/c1-2-8-21-16-6-5-12(9-14(16)18)17-20-15(11-22-17)13-4-3-7-19-10-13/h2-7,9-11H,1,8,18H2. The van der Waals surface area contributed by atoms with Crippen molar-refractivity contribution in [2.75, 3.05) is 12.3 Å². The van der Waals surface area contributed by atoms with Gasteiger partial charge < -0.3 is 10.5 Å². The Kier molecular flexibility index (Phi) is 4.16. The van der Waals surface area contributed by atoms with E-state index in [1.54, 1.807) is 29.8 Å². The van der Waals surface area contributed by atoms with E-state index in [1.807, 2.05) is 35.7 Å². The number of hydrogen-bond donors (Lipinski definition) is 1. The molecule has 5 heteroatoms. The highest BCUT2D eigenvalue weighted by atomic mass is 32.1. The maximum absolute atomic E-state index is 6.02. The summed E-state index contributed by atoms with van der Waals surface area (Å²) in [5.41, 5.74) is 9.51. The number of hydrogen-bond acceptors (Lipinski definition) is 5. The predicted molar refractivity (Wildman–Crippen MR) is 90.9 cm³/mol. The Hall–Kier alpha value is -2.66. The van der Waals surface area contributed by atoms with Crippen LogP contribution in [0.25, 0.3) is 21.8 Å². The maximum Gasteiger partial charge on any atom is 0.142 e. The van der Waals surface area contributed by atoms with E-state index in [2.05, 4.69) is 16.5 Å². The van der Waals surface area contributed by atoms with Crippen molar-refractivity contribution < 1.29 is 4.74 Å². The number of nitrogen functional groups attached to an aromatic ring is 1. The van der Waals surface area contributed by atoms with Gasteiger partial charge in [0.2, 0.25) is 0 Å². The van der Waals surface area contributed by atoms with Crippen molar-refractivity contribution in [3.05, 3.63) is 60.8 Å². The average Bonchev–Trinajstić information content (AvgIpc) is 3.04. The maximum atomic E-state index is 6.02. The number of nitrogens with two attached hydrogens (primary N) is 1. The molecule has 0 saturated carbocycles. The number of aromatic nitrogens is 2. The van der Waals surface area contributed by atoms with Crippen molar-refractivity contribution in [3.8, 4) is 27.6 Å². The van der Waals surface area contributed by atoms with Crippen LogP contribution < -0.4 is 10.5 Å². The van der Waals surface area contributed by atoms with Crippen molar-refractivity contribution in [1.82, 2.24) is 9.97 Å². The lowest BCUT2D eigenvalue weighted by molar-refractivity contribution is 0.365. The summed E-state index contributed by atoms with van der Waals surface area (Å²) in [6, 6.07) is 9.59. The summed E-state index contributed by atoms with van der Waals surface area (Å²) in [5, 5.41) is 2.94. The first-order chi connectivity index (χ1) is 10.8. The quantitative estimate of drug-likeness (QED) is 0.571. The predicted octanol–water partition coefficient (Wildman–Crippen LogP) is 4.02. The monoisotopic (exact) mass is 309 g/mol. The molecule has 2 heterocycles. The summed E-state index contributed by atoms with van der Waals surface area (Å²) >= 11 is 1.58. The van der Waals surface area contributed by atoms with Crippen LogP contribution in [0.3, 0.4) is 0 Å². The molecule has 0 saturated heterocycles. The van der Waals surface area contributed by atoms with Crippen molar-refractivity contribution in [2.24, 2.45) is 0 Å². The molecule has 0 fully saturated rings. The fourth-order valence-corrected chi connectivity index (χ4v) is 2.84. The molecule has 0 bridgehead atoms. The topological polar surface area (TPSA) is 61.0 Å². The lowest BCUT2D eigenvalue weighted by atomic mass is 10.2. The molecular formula is C17H15N3OS. The Morgan fingerprint density at radius 3 is 2.91 bits per heavy atom. The fraction of sp³-hybridized carbons (Fsp3) is 0.0588. The molecule has 4 nitrogen and oxygen atoms in total. The Bertz CT molecular complexity index is 784. The zero-order valence-electron chi connectivity index (χ0n) is 11.9. The SMILES string of the molecule is C=CCOc1ccc(-c2nc(-c3cccnc3)cs2)cc1N. The van der Waals surface area contributed by atoms with Gasteiger partial charge in [-0.3, -0.25) is 4.98 Å². The van der Waals surface area contributed by atoms with Crippen molar-refractivity contribution in [1.29, 1.82) is 0 Å². The highest BCUT2D eigenvalue weighted by Gasteiger charge is 2.09. The second-order valence-electron chi connectivity index (χ2n) is 4.63. The molecule has 0 amide bonds. The summed E-state index contributed by atoms with van der Waals surface area (Å²) in [6.07, 6.45) is 5.24. The van der Waals surface area contributed by atoms with Gasteiger partial charge in [-0.15, -0.1) is 11.3 Å². The first-order valence-corrected chi connectivity index (χ1v) is 7.65. The molecule has 0 aliphatic heterocycles. The largest absolute Gasteiger partial charge is 0.487 e. The number of benzene rings is 1. The van der Waals surface area contributed by atoms with E-state index in [0.717, 1.165) is 21.8 Å². The minimum atomic E-state index is 0.436. The zero-order chi connectivity index (χ0) is 15.4. The molecule has 22 heavy (non-hydrogen) atoms. The lowest BCUT2D eigenvalue weighted by Gasteiger charge is -2.07. The minimum absolute atomic E-state index is 0.436. The second kappa shape index (κ2) is 6.41. The molecule has 3 aromatic rings. The summed E-state index contributed by atoms with van der Waals surface area (Å²) in [7, 11) is 0.